The summed E-state index contributed by atoms with van der Waals surface area (Å²) in [6.07, 6.45) is 3.74. The molecule has 5 rings (SSSR count). The molecule has 0 atom stereocenters. The molecule has 0 unspecified atom stereocenters. The summed E-state index contributed by atoms with van der Waals surface area (Å²) in [6.45, 7) is -0.971. The third-order valence-corrected chi connectivity index (χ3v) is 7.11. The minimum absolute atomic E-state index is 0.0161. The molecule has 4 aromatic rings. The second-order valence-corrected chi connectivity index (χ2v) is 9.73. The Morgan fingerprint density at radius 2 is 1.69 bits per heavy atom. The predicted octanol–water partition coefficient (Wildman–Crippen LogP) is 3.28. The Morgan fingerprint density at radius 3 is 2.41 bits per heavy atom. The first-order chi connectivity index (χ1) is 18.8. The SMILES string of the molecule is COc1cc(OC)c(NC(=O)Cn2c(=O)n(CC(=O)NC3CCCC3)c(=O)c3oc4ccccc4c32)cc1Cl. The summed E-state index contributed by atoms with van der Waals surface area (Å²) in [4.78, 5) is 52.9. The van der Waals surface area contributed by atoms with E-state index in [1.807, 2.05) is 0 Å². The number of amides is 2. The molecule has 2 aromatic carbocycles. The highest BCUT2D eigenvalue weighted by Gasteiger charge is 2.24. The fourth-order valence-electron chi connectivity index (χ4n) is 4.96. The summed E-state index contributed by atoms with van der Waals surface area (Å²) in [6, 6.07) is 9.82. The van der Waals surface area contributed by atoms with Crippen LogP contribution in [0.5, 0.6) is 11.5 Å². The predicted molar refractivity (Wildman–Crippen MR) is 146 cm³/mol. The number of furan rings is 1. The zero-order valence-corrected chi connectivity index (χ0v) is 22.2. The van der Waals surface area contributed by atoms with Gasteiger partial charge < -0.3 is 24.5 Å². The third-order valence-electron chi connectivity index (χ3n) is 6.81. The van der Waals surface area contributed by atoms with E-state index in [0.717, 1.165) is 34.8 Å². The van der Waals surface area contributed by atoms with Crippen molar-refractivity contribution >= 4 is 51.2 Å². The Bertz CT molecular complexity index is 1700. The number of methoxy groups -OCH3 is 2. The summed E-state index contributed by atoms with van der Waals surface area (Å²) in [5.41, 5.74) is -0.873. The third kappa shape index (κ3) is 5.09. The number of benzene rings is 2. The molecule has 1 aliphatic rings. The van der Waals surface area contributed by atoms with Gasteiger partial charge in [0.1, 0.15) is 35.7 Å². The van der Waals surface area contributed by atoms with Gasteiger partial charge in [-0.15, -0.1) is 0 Å². The van der Waals surface area contributed by atoms with Crippen molar-refractivity contribution in [2.45, 2.75) is 44.8 Å². The summed E-state index contributed by atoms with van der Waals surface area (Å²) >= 11 is 6.23. The van der Waals surface area contributed by atoms with Gasteiger partial charge in [-0.3, -0.25) is 19.0 Å². The van der Waals surface area contributed by atoms with Crippen LogP contribution in [0.2, 0.25) is 5.02 Å². The molecule has 2 aromatic heterocycles. The van der Waals surface area contributed by atoms with E-state index in [2.05, 4.69) is 10.6 Å². The first-order valence-electron chi connectivity index (χ1n) is 12.5. The Kier molecular flexibility index (Phi) is 7.34. The van der Waals surface area contributed by atoms with Crippen LogP contribution in [-0.2, 0) is 22.7 Å². The molecular formula is C27H27ClN4O7. The second kappa shape index (κ2) is 10.9. The fourth-order valence-corrected chi connectivity index (χ4v) is 5.20. The molecule has 0 spiro atoms. The number of hydrogen-bond acceptors (Lipinski definition) is 7. The second-order valence-electron chi connectivity index (χ2n) is 9.32. The molecule has 2 amide bonds. The van der Waals surface area contributed by atoms with Gasteiger partial charge in [-0.1, -0.05) is 36.6 Å². The molecule has 0 radical (unpaired) electrons. The van der Waals surface area contributed by atoms with Gasteiger partial charge in [0.15, 0.2) is 0 Å². The van der Waals surface area contributed by atoms with Gasteiger partial charge in [-0.05, 0) is 31.0 Å². The zero-order valence-electron chi connectivity index (χ0n) is 21.4. The summed E-state index contributed by atoms with van der Waals surface area (Å²) in [5, 5.41) is 6.31. The van der Waals surface area contributed by atoms with E-state index in [4.69, 9.17) is 25.5 Å². The molecule has 39 heavy (non-hydrogen) atoms. The van der Waals surface area contributed by atoms with Crippen molar-refractivity contribution in [2.24, 2.45) is 0 Å². The van der Waals surface area contributed by atoms with Gasteiger partial charge in [0.25, 0.3) is 5.56 Å². The maximum atomic E-state index is 13.6. The molecule has 0 aliphatic heterocycles. The topological polar surface area (TPSA) is 134 Å². The van der Waals surface area contributed by atoms with Gasteiger partial charge >= 0.3 is 5.69 Å². The standard InChI is InChI=1S/C27H27ClN4O7/c1-37-20-12-21(38-2)18(11-17(20)28)30-23(34)13-31-24-16-9-5-6-10-19(16)39-25(24)26(35)32(27(31)36)14-22(33)29-15-7-3-4-8-15/h5-6,9-12,15H,3-4,7-8,13-14H2,1-2H3,(H,29,33)(H,30,34). The lowest BCUT2D eigenvalue weighted by Crippen LogP contribution is -2.46. The number of ether oxygens (including phenoxy) is 2. The molecule has 1 fully saturated rings. The van der Waals surface area contributed by atoms with Crippen LogP contribution >= 0.6 is 11.6 Å². The lowest BCUT2D eigenvalue weighted by atomic mass is 10.2. The molecule has 0 saturated heterocycles. The minimum Gasteiger partial charge on any atom is -0.495 e. The number of nitrogens with one attached hydrogen (secondary N) is 2. The monoisotopic (exact) mass is 554 g/mol. The van der Waals surface area contributed by atoms with Crippen LogP contribution in [0.3, 0.4) is 0 Å². The van der Waals surface area contributed by atoms with Crippen LogP contribution in [0.4, 0.5) is 5.69 Å². The molecule has 1 aliphatic carbocycles. The van der Waals surface area contributed by atoms with Gasteiger partial charge in [0.2, 0.25) is 17.4 Å². The van der Waals surface area contributed by atoms with E-state index >= 15 is 0 Å². The van der Waals surface area contributed by atoms with Crippen molar-refractivity contribution in [3.8, 4) is 11.5 Å². The normalized spacial score (nSPS) is 13.6. The number of aromatic nitrogens is 2. The highest BCUT2D eigenvalue weighted by Crippen LogP contribution is 2.36. The number of nitrogens with zero attached hydrogens (tertiary/aromatic N) is 2. The van der Waals surface area contributed by atoms with E-state index in [1.54, 1.807) is 24.3 Å². The molecule has 2 N–H and O–H groups in total. The van der Waals surface area contributed by atoms with E-state index in [-0.39, 0.29) is 27.9 Å². The van der Waals surface area contributed by atoms with Gasteiger partial charge in [0.05, 0.1) is 24.9 Å². The number of carbonyl (C=O) groups excluding carboxylic acids is 2. The van der Waals surface area contributed by atoms with Crippen molar-refractivity contribution in [1.82, 2.24) is 14.5 Å². The molecule has 0 bridgehead atoms. The number of hydrogen-bond donors (Lipinski definition) is 2. The maximum Gasteiger partial charge on any atom is 0.332 e. The fraction of sp³-hybridized carbons (Fsp3) is 0.333. The van der Waals surface area contributed by atoms with E-state index in [1.165, 1.54) is 26.4 Å². The lowest BCUT2D eigenvalue weighted by molar-refractivity contribution is -0.122. The Hall–Kier alpha value is -4.25. The quantitative estimate of drug-likeness (QED) is 0.341. The smallest absolute Gasteiger partial charge is 0.332 e. The Morgan fingerprint density at radius 1 is 1.00 bits per heavy atom. The molecule has 1 saturated carbocycles. The number of fused-ring (bicyclic) bond motifs is 3. The van der Waals surface area contributed by atoms with Gasteiger partial charge in [-0.2, -0.15) is 0 Å². The largest absolute Gasteiger partial charge is 0.495 e. The number of halogens is 1. The van der Waals surface area contributed by atoms with Crippen molar-refractivity contribution < 1.29 is 23.5 Å². The number of rotatable bonds is 8. The number of anilines is 1. The van der Waals surface area contributed by atoms with Crippen LogP contribution in [0.25, 0.3) is 22.1 Å². The van der Waals surface area contributed by atoms with Crippen LogP contribution in [0.15, 0.2) is 50.4 Å². The van der Waals surface area contributed by atoms with Crippen molar-refractivity contribution in [3.05, 3.63) is 62.3 Å². The average Bonchev–Trinajstić information content (AvgIpc) is 3.57. The highest BCUT2D eigenvalue weighted by atomic mass is 35.5. The van der Waals surface area contributed by atoms with Crippen LogP contribution in [0.1, 0.15) is 25.7 Å². The van der Waals surface area contributed by atoms with Crippen LogP contribution in [0, 0.1) is 0 Å². The van der Waals surface area contributed by atoms with Crippen molar-refractivity contribution in [2.75, 3.05) is 19.5 Å². The maximum absolute atomic E-state index is 13.6. The number of carbonyl (C=O) groups is 2. The number of para-hydroxylation sites is 1. The summed E-state index contributed by atoms with van der Waals surface area (Å²) in [7, 11) is 2.88. The van der Waals surface area contributed by atoms with Crippen LogP contribution < -0.4 is 31.4 Å². The molecule has 11 nitrogen and oxygen atoms in total. The van der Waals surface area contributed by atoms with E-state index in [9.17, 15) is 19.2 Å². The Labute approximate surface area is 227 Å². The molecule has 12 heteroatoms. The van der Waals surface area contributed by atoms with Gasteiger partial charge in [0, 0.05) is 17.5 Å². The molecular weight excluding hydrogens is 528 g/mol. The summed E-state index contributed by atoms with van der Waals surface area (Å²) in [5.74, 6) is -0.393. The van der Waals surface area contributed by atoms with Crippen molar-refractivity contribution in [1.29, 1.82) is 0 Å². The minimum atomic E-state index is -0.810. The van der Waals surface area contributed by atoms with Crippen LogP contribution in [-0.4, -0.2) is 41.2 Å². The van der Waals surface area contributed by atoms with Crippen molar-refractivity contribution in [3.63, 3.8) is 0 Å². The summed E-state index contributed by atoms with van der Waals surface area (Å²) < 4.78 is 18.3. The van der Waals surface area contributed by atoms with E-state index in [0.29, 0.717) is 22.5 Å². The zero-order chi connectivity index (χ0) is 27.7. The average molecular weight is 555 g/mol. The Balaban J connectivity index is 1.55. The van der Waals surface area contributed by atoms with E-state index < -0.39 is 36.2 Å². The lowest BCUT2D eigenvalue weighted by Gasteiger charge is -2.15. The highest BCUT2D eigenvalue weighted by molar-refractivity contribution is 6.32. The first kappa shape index (κ1) is 26.4. The van der Waals surface area contributed by atoms with Gasteiger partial charge in [-0.25, -0.2) is 9.36 Å². The molecule has 2 heterocycles. The first-order valence-corrected chi connectivity index (χ1v) is 12.8. The molecule has 204 valence electrons.